The third-order valence-corrected chi connectivity index (χ3v) is 2.03. The highest BCUT2D eigenvalue weighted by atomic mass is 16.5. The van der Waals surface area contributed by atoms with Gasteiger partial charge in [-0.15, -0.1) is 12.3 Å². The highest BCUT2D eigenvalue weighted by molar-refractivity contribution is 5.76. The predicted octanol–water partition coefficient (Wildman–Crippen LogP) is -0.496. The number of amides is 1. The lowest BCUT2D eigenvalue weighted by atomic mass is 10.2. The van der Waals surface area contributed by atoms with Gasteiger partial charge in [0.05, 0.1) is 12.7 Å². The SMILES string of the molecule is C#CCCC(=O)NCC1CNCCO1. The van der Waals surface area contributed by atoms with Crippen molar-refractivity contribution in [2.75, 3.05) is 26.2 Å². The van der Waals surface area contributed by atoms with Crippen LogP contribution < -0.4 is 10.6 Å². The lowest BCUT2D eigenvalue weighted by molar-refractivity contribution is -0.121. The van der Waals surface area contributed by atoms with Crippen LogP contribution in [0, 0.1) is 12.3 Å². The maximum atomic E-state index is 11.2. The van der Waals surface area contributed by atoms with Crippen molar-refractivity contribution >= 4 is 5.91 Å². The fourth-order valence-electron chi connectivity index (χ4n) is 1.25. The van der Waals surface area contributed by atoms with Gasteiger partial charge >= 0.3 is 0 Å². The zero-order valence-electron chi connectivity index (χ0n) is 8.21. The lowest BCUT2D eigenvalue weighted by Crippen LogP contribution is -2.45. The predicted molar refractivity (Wildman–Crippen MR) is 53.7 cm³/mol. The van der Waals surface area contributed by atoms with E-state index in [0.717, 1.165) is 13.1 Å². The van der Waals surface area contributed by atoms with Crippen LogP contribution in [-0.2, 0) is 9.53 Å². The Kier molecular flexibility index (Phi) is 5.05. The second-order valence-electron chi connectivity index (χ2n) is 3.21. The van der Waals surface area contributed by atoms with Crippen molar-refractivity contribution in [2.45, 2.75) is 18.9 Å². The molecule has 1 aliphatic rings. The maximum absolute atomic E-state index is 11.2. The molecule has 2 N–H and O–H groups in total. The van der Waals surface area contributed by atoms with E-state index in [-0.39, 0.29) is 12.0 Å². The summed E-state index contributed by atoms with van der Waals surface area (Å²) >= 11 is 0. The van der Waals surface area contributed by atoms with E-state index in [4.69, 9.17) is 11.2 Å². The van der Waals surface area contributed by atoms with Crippen molar-refractivity contribution in [3.05, 3.63) is 0 Å². The van der Waals surface area contributed by atoms with Gasteiger partial charge in [-0.25, -0.2) is 0 Å². The number of ether oxygens (including phenoxy) is 1. The minimum Gasteiger partial charge on any atom is -0.374 e. The molecule has 0 bridgehead atoms. The number of morpholine rings is 1. The molecular formula is C10H16N2O2. The Morgan fingerprint density at radius 2 is 2.57 bits per heavy atom. The van der Waals surface area contributed by atoms with E-state index in [9.17, 15) is 4.79 Å². The molecule has 0 aromatic heterocycles. The largest absolute Gasteiger partial charge is 0.374 e. The molecule has 1 saturated heterocycles. The summed E-state index contributed by atoms with van der Waals surface area (Å²) in [6.07, 6.45) is 6.04. The van der Waals surface area contributed by atoms with Crippen LogP contribution >= 0.6 is 0 Å². The fraction of sp³-hybridized carbons (Fsp3) is 0.700. The van der Waals surface area contributed by atoms with Crippen molar-refractivity contribution in [2.24, 2.45) is 0 Å². The van der Waals surface area contributed by atoms with Gasteiger partial charge in [0.25, 0.3) is 0 Å². The molecule has 1 atom stereocenters. The summed E-state index contributed by atoms with van der Waals surface area (Å²) in [6.45, 7) is 2.97. The molecule has 1 fully saturated rings. The molecule has 0 radical (unpaired) electrons. The molecule has 1 unspecified atom stereocenters. The van der Waals surface area contributed by atoms with Crippen LogP contribution in [0.25, 0.3) is 0 Å². The average molecular weight is 196 g/mol. The summed E-state index contributed by atoms with van der Waals surface area (Å²) in [6, 6.07) is 0. The summed E-state index contributed by atoms with van der Waals surface area (Å²) in [7, 11) is 0. The van der Waals surface area contributed by atoms with Crippen LogP contribution in [-0.4, -0.2) is 38.3 Å². The molecule has 0 spiro atoms. The smallest absolute Gasteiger partial charge is 0.221 e. The molecule has 1 rings (SSSR count). The van der Waals surface area contributed by atoms with Crippen molar-refractivity contribution in [3.63, 3.8) is 0 Å². The van der Waals surface area contributed by atoms with Gasteiger partial charge in [-0.3, -0.25) is 4.79 Å². The van der Waals surface area contributed by atoms with Crippen LogP contribution in [0.15, 0.2) is 0 Å². The fourth-order valence-corrected chi connectivity index (χ4v) is 1.25. The summed E-state index contributed by atoms with van der Waals surface area (Å²) in [4.78, 5) is 11.2. The highest BCUT2D eigenvalue weighted by Gasteiger charge is 2.13. The molecule has 1 amide bonds. The molecule has 0 aromatic carbocycles. The molecule has 14 heavy (non-hydrogen) atoms. The highest BCUT2D eigenvalue weighted by Crippen LogP contribution is 1.94. The molecule has 4 heteroatoms. The van der Waals surface area contributed by atoms with E-state index in [0.29, 0.717) is 26.0 Å². The van der Waals surface area contributed by atoms with Crippen LogP contribution in [0.3, 0.4) is 0 Å². The van der Waals surface area contributed by atoms with Crippen LogP contribution in [0.1, 0.15) is 12.8 Å². The van der Waals surface area contributed by atoms with Crippen molar-refractivity contribution in [1.82, 2.24) is 10.6 Å². The zero-order chi connectivity index (χ0) is 10.2. The summed E-state index contributed by atoms with van der Waals surface area (Å²) in [5, 5.41) is 5.98. The summed E-state index contributed by atoms with van der Waals surface area (Å²) in [5.74, 6) is 2.43. The topological polar surface area (TPSA) is 50.4 Å². The molecule has 78 valence electrons. The molecule has 0 saturated carbocycles. The Bertz CT molecular complexity index is 217. The van der Waals surface area contributed by atoms with E-state index in [1.807, 2.05) is 0 Å². The Morgan fingerprint density at radius 3 is 3.21 bits per heavy atom. The third-order valence-electron chi connectivity index (χ3n) is 2.03. The first kappa shape index (κ1) is 11.0. The van der Waals surface area contributed by atoms with Crippen LogP contribution in [0.5, 0.6) is 0 Å². The number of nitrogens with one attached hydrogen (secondary N) is 2. The van der Waals surface area contributed by atoms with Crippen LogP contribution in [0.4, 0.5) is 0 Å². The molecule has 1 aliphatic heterocycles. The minimum absolute atomic E-state index is 0.00266. The van der Waals surface area contributed by atoms with Gasteiger partial charge < -0.3 is 15.4 Å². The molecule has 0 aliphatic carbocycles. The molecular weight excluding hydrogens is 180 g/mol. The van der Waals surface area contributed by atoms with E-state index < -0.39 is 0 Å². The number of hydrogen-bond donors (Lipinski definition) is 2. The molecule has 1 heterocycles. The van der Waals surface area contributed by atoms with Crippen molar-refractivity contribution in [3.8, 4) is 12.3 Å². The average Bonchev–Trinajstić information content (AvgIpc) is 2.25. The van der Waals surface area contributed by atoms with Crippen LogP contribution in [0.2, 0.25) is 0 Å². The number of hydrogen-bond acceptors (Lipinski definition) is 3. The van der Waals surface area contributed by atoms with E-state index in [1.54, 1.807) is 0 Å². The Morgan fingerprint density at radius 1 is 1.71 bits per heavy atom. The van der Waals surface area contributed by atoms with E-state index in [2.05, 4.69) is 16.6 Å². The first-order valence-corrected chi connectivity index (χ1v) is 4.85. The summed E-state index contributed by atoms with van der Waals surface area (Å²) < 4.78 is 5.42. The van der Waals surface area contributed by atoms with Gasteiger partial charge in [-0.2, -0.15) is 0 Å². The van der Waals surface area contributed by atoms with E-state index >= 15 is 0 Å². The van der Waals surface area contributed by atoms with Gasteiger partial charge in [0.15, 0.2) is 0 Å². The maximum Gasteiger partial charge on any atom is 0.221 e. The number of rotatable bonds is 4. The first-order valence-electron chi connectivity index (χ1n) is 4.85. The van der Waals surface area contributed by atoms with Gasteiger partial charge in [-0.1, -0.05) is 0 Å². The second kappa shape index (κ2) is 6.41. The zero-order valence-corrected chi connectivity index (χ0v) is 8.21. The van der Waals surface area contributed by atoms with Gasteiger partial charge in [0.2, 0.25) is 5.91 Å². The third kappa shape index (κ3) is 4.26. The second-order valence-corrected chi connectivity index (χ2v) is 3.21. The number of carbonyl (C=O) groups excluding carboxylic acids is 1. The molecule has 4 nitrogen and oxygen atoms in total. The Hall–Kier alpha value is -1.05. The van der Waals surface area contributed by atoms with Gasteiger partial charge in [0, 0.05) is 32.5 Å². The standard InChI is InChI=1S/C10H16N2O2/c1-2-3-4-10(13)12-8-9-7-11-5-6-14-9/h1,9,11H,3-8H2,(H,12,13). The normalized spacial score (nSPS) is 21.2. The quantitative estimate of drug-likeness (QED) is 0.596. The number of carbonyl (C=O) groups is 1. The van der Waals surface area contributed by atoms with Crippen molar-refractivity contribution < 1.29 is 9.53 Å². The first-order chi connectivity index (χ1) is 6.83. The lowest BCUT2D eigenvalue weighted by Gasteiger charge is -2.23. The Labute approximate surface area is 84.4 Å². The monoisotopic (exact) mass is 196 g/mol. The van der Waals surface area contributed by atoms with Gasteiger partial charge in [0.1, 0.15) is 0 Å². The van der Waals surface area contributed by atoms with Gasteiger partial charge in [-0.05, 0) is 0 Å². The number of terminal acetylenes is 1. The Balaban J connectivity index is 2.07. The summed E-state index contributed by atoms with van der Waals surface area (Å²) in [5.41, 5.74) is 0. The van der Waals surface area contributed by atoms with E-state index in [1.165, 1.54) is 0 Å². The molecule has 0 aromatic rings. The van der Waals surface area contributed by atoms with Crippen molar-refractivity contribution in [1.29, 1.82) is 0 Å². The minimum atomic E-state index is -0.00266.